The van der Waals surface area contributed by atoms with Crippen LogP contribution in [0.1, 0.15) is 38.3 Å². The first kappa shape index (κ1) is 20.7. The van der Waals surface area contributed by atoms with E-state index in [0.717, 1.165) is 32.9 Å². The summed E-state index contributed by atoms with van der Waals surface area (Å²) in [6, 6.07) is 13.5. The van der Waals surface area contributed by atoms with Crippen LogP contribution in [-0.4, -0.2) is 23.0 Å². The number of hydrogen-bond acceptors (Lipinski definition) is 5. The van der Waals surface area contributed by atoms with Gasteiger partial charge in [0.2, 0.25) is 0 Å². The van der Waals surface area contributed by atoms with E-state index in [9.17, 15) is 9.59 Å². The van der Waals surface area contributed by atoms with Crippen molar-refractivity contribution >= 4 is 28.9 Å². The molecule has 0 spiro atoms. The molecule has 5 nitrogen and oxygen atoms in total. The average molecular weight is 409 g/mol. The van der Waals surface area contributed by atoms with Gasteiger partial charge < -0.3 is 10.1 Å². The summed E-state index contributed by atoms with van der Waals surface area (Å²) >= 11 is 1.26. The van der Waals surface area contributed by atoms with E-state index in [1.54, 1.807) is 6.92 Å². The molecule has 6 heteroatoms. The number of carbonyl (C=O) groups excluding carboxylic acids is 2. The molecule has 29 heavy (non-hydrogen) atoms. The maximum Gasteiger partial charge on any atom is 0.351 e. The minimum Gasteiger partial charge on any atom is -0.448 e. The summed E-state index contributed by atoms with van der Waals surface area (Å²) in [4.78, 5) is 30.3. The number of benzene rings is 2. The zero-order chi connectivity index (χ0) is 21.1. The van der Waals surface area contributed by atoms with Crippen LogP contribution in [0.25, 0.3) is 11.3 Å². The fraction of sp³-hybridized carbons (Fsp3) is 0.261. The van der Waals surface area contributed by atoms with E-state index in [-0.39, 0.29) is 5.91 Å². The number of ether oxygens (including phenoxy) is 1. The number of aromatic nitrogens is 1. The monoisotopic (exact) mass is 408 g/mol. The first-order chi connectivity index (χ1) is 13.8. The van der Waals surface area contributed by atoms with Crippen LogP contribution in [-0.2, 0) is 9.53 Å². The number of esters is 1. The number of nitrogens with zero attached hydrogens (tertiary/aromatic N) is 1. The Morgan fingerprint density at radius 3 is 2.28 bits per heavy atom. The second kappa shape index (κ2) is 8.57. The van der Waals surface area contributed by atoms with Gasteiger partial charge >= 0.3 is 5.97 Å². The maximum atomic E-state index is 12.8. The molecular formula is C23H24N2O3S. The lowest BCUT2D eigenvalue weighted by Gasteiger charge is -2.16. The molecule has 2 aromatic carbocycles. The Morgan fingerprint density at radius 2 is 1.66 bits per heavy atom. The van der Waals surface area contributed by atoms with Gasteiger partial charge in [-0.3, -0.25) is 4.79 Å². The zero-order valence-electron chi connectivity index (χ0n) is 17.2. The summed E-state index contributed by atoms with van der Waals surface area (Å²) in [6.07, 6.45) is -0.936. The molecule has 3 rings (SSSR count). The number of amides is 1. The summed E-state index contributed by atoms with van der Waals surface area (Å²) in [6.45, 7) is 9.31. The van der Waals surface area contributed by atoms with Gasteiger partial charge in [-0.15, -0.1) is 11.3 Å². The number of thiazole rings is 1. The van der Waals surface area contributed by atoms with E-state index < -0.39 is 12.1 Å². The molecular weight excluding hydrogens is 384 g/mol. The van der Waals surface area contributed by atoms with Gasteiger partial charge in [0.25, 0.3) is 5.91 Å². The molecule has 1 heterocycles. The molecule has 1 aromatic heterocycles. The van der Waals surface area contributed by atoms with Crippen molar-refractivity contribution in [2.45, 2.75) is 40.7 Å². The molecule has 150 valence electrons. The number of carbonyl (C=O) groups is 2. The zero-order valence-corrected chi connectivity index (χ0v) is 18.0. The molecule has 0 fully saturated rings. The number of anilines is 1. The molecule has 1 amide bonds. The van der Waals surface area contributed by atoms with Crippen LogP contribution in [0, 0.1) is 27.7 Å². The average Bonchev–Trinajstić information content (AvgIpc) is 3.07. The molecule has 0 saturated carbocycles. The summed E-state index contributed by atoms with van der Waals surface area (Å²) in [7, 11) is 0. The summed E-state index contributed by atoms with van der Waals surface area (Å²) < 4.78 is 5.47. The van der Waals surface area contributed by atoms with E-state index in [1.165, 1.54) is 11.3 Å². The molecule has 0 unspecified atom stereocenters. The number of aryl methyl sites for hydroxylation is 4. The van der Waals surface area contributed by atoms with Crippen molar-refractivity contribution in [2.75, 3.05) is 5.32 Å². The number of nitrogens with one attached hydrogen (secondary N) is 1. The topological polar surface area (TPSA) is 68.3 Å². The van der Waals surface area contributed by atoms with E-state index in [0.29, 0.717) is 10.6 Å². The van der Waals surface area contributed by atoms with Gasteiger partial charge in [-0.25, -0.2) is 9.78 Å². The fourth-order valence-corrected chi connectivity index (χ4v) is 4.05. The Labute approximate surface area is 174 Å². The first-order valence-corrected chi connectivity index (χ1v) is 10.2. The molecule has 3 aromatic rings. The highest BCUT2D eigenvalue weighted by molar-refractivity contribution is 7.14. The van der Waals surface area contributed by atoms with Gasteiger partial charge in [-0.05, 0) is 45.7 Å². The van der Waals surface area contributed by atoms with Gasteiger partial charge in [0, 0.05) is 11.3 Å². The van der Waals surface area contributed by atoms with Crippen LogP contribution in [0.4, 0.5) is 5.69 Å². The van der Waals surface area contributed by atoms with Crippen LogP contribution < -0.4 is 5.32 Å². The molecule has 0 radical (unpaired) electrons. The molecule has 1 atom stereocenters. The largest absolute Gasteiger partial charge is 0.448 e. The Kier molecular flexibility index (Phi) is 6.13. The molecule has 0 aliphatic heterocycles. The molecule has 0 aliphatic rings. The summed E-state index contributed by atoms with van der Waals surface area (Å²) in [5.74, 6) is -0.912. The highest BCUT2D eigenvalue weighted by Gasteiger charge is 2.25. The highest BCUT2D eigenvalue weighted by Crippen LogP contribution is 2.29. The van der Waals surface area contributed by atoms with Crippen molar-refractivity contribution in [2.24, 2.45) is 0 Å². The van der Waals surface area contributed by atoms with Crippen molar-refractivity contribution in [1.29, 1.82) is 0 Å². The quantitative estimate of drug-likeness (QED) is 0.587. The molecule has 1 N–H and O–H groups in total. The second-order valence-corrected chi connectivity index (χ2v) is 8.29. The van der Waals surface area contributed by atoms with E-state index in [4.69, 9.17) is 4.74 Å². The van der Waals surface area contributed by atoms with Crippen LogP contribution >= 0.6 is 11.3 Å². The normalized spacial score (nSPS) is 11.8. The first-order valence-electron chi connectivity index (χ1n) is 9.38. The van der Waals surface area contributed by atoms with Gasteiger partial charge in [0.15, 0.2) is 6.10 Å². The third kappa shape index (κ3) is 4.71. The molecule has 0 aliphatic carbocycles. The SMILES string of the molecule is Cc1cc(C)c(NC(=O)[C@@H](C)OC(=O)c2sc(C)nc2-c2ccccc2)c(C)c1. The van der Waals surface area contributed by atoms with Crippen molar-refractivity contribution < 1.29 is 14.3 Å². The third-order valence-corrected chi connectivity index (χ3v) is 5.50. The maximum absolute atomic E-state index is 12.8. The predicted octanol–water partition coefficient (Wildman–Crippen LogP) is 5.23. The minimum atomic E-state index is -0.936. The number of hydrogen-bond donors (Lipinski definition) is 1. The van der Waals surface area contributed by atoms with E-state index in [2.05, 4.69) is 10.3 Å². The van der Waals surface area contributed by atoms with Gasteiger partial charge in [-0.1, -0.05) is 48.0 Å². The van der Waals surface area contributed by atoms with Crippen molar-refractivity contribution in [3.05, 3.63) is 69.0 Å². The highest BCUT2D eigenvalue weighted by atomic mass is 32.1. The van der Waals surface area contributed by atoms with Crippen LogP contribution in [0.2, 0.25) is 0 Å². The van der Waals surface area contributed by atoms with Crippen molar-refractivity contribution in [1.82, 2.24) is 4.98 Å². The van der Waals surface area contributed by atoms with Gasteiger partial charge in [0.05, 0.1) is 10.7 Å². The summed E-state index contributed by atoms with van der Waals surface area (Å²) in [5, 5.41) is 3.65. The second-order valence-electron chi connectivity index (χ2n) is 7.09. The lowest BCUT2D eigenvalue weighted by molar-refractivity contribution is -0.123. The third-order valence-electron chi connectivity index (χ3n) is 4.54. The fourth-order valence-electron chi connectivity index (χ4n) is 3.23. The predicted molar refractivity (Wildman–Crippen MR) is 116 cm³/mol. The lowest BCUT2D eigenvalue weighted by atomic mass is 10.0. The van der Waals surface area contributed by atoms with E-state index >= 15 is 0 Å². The lowest BCUT2D eigenvalue weighted by Crippen LogP contribution is -2.30. The van der Waals surface area contributed by atoms with Crippen molar-refractivity contribution in [3.8, 4) is 11.3 Å². The van der Waals surface area contributed by atoms with Crippen LogP contribution in [0.5, 0.6) is 0 Å². The smallest absolute Gasteiger partial charge is 0.351 e. The Hall–Kier alpha value is -2.99. The summed E-state index contributed by atoms with van der Waals surface area (Å²) in [5.41, 5.74) is 5.24. The number of rotatable bonds is 5. The van der Waals surface area contributed by atoms with E-state index in [1.807, 2.05) is 70.2 Å². The molecule has 0 bridgehead atoms. The van der Waals surface area contributed by atoms with Gasteiger partial charge in [-0.2, -0.15) is 0 Å². The molecule has 0 saturated heterocycles. The minimum absolute atomic E-state index is 0.365. The Bertz CT molecular complexity index is 1030. The Morgan fingerprint density at radius 1 is 1.03 bits per heavy atom. The van der Waals surface area contributed by atoms with Crippen LogP contribution in [0.3, 0.4) is 0 Å². The van der Waals surface area contributed by atoms with Crippen LogP contribution in [0.15, 0.2) is 42.5 Å². The van der Waals surface area contributed by atoms with Gasteiger partial charge in [0.1, 0.15) is 4.88 Å². The Balaban J connectivity index is 1.76. The van der Waals surface area contributed by atoms with Crippen molar-refractivity contribution in [3.63, 3.8) is 0 Å². The standard InChI is InChI=1S/C23H24N2O3S/c1-13-11-14(2)19(15(3)12-13)25-22(26)16(4)28-23(27)21-20(24-17(5)29-21)18-9-7-6-8-10-18/h6-12,16H,1-5H3,(H,25,26)/t16-/m1/s1.